The molecule has 1 nitrogen and oxygen atoms in total. The summed E-state index contributed by atoms with van der Waals surface area (Å²) in [7, 11) is 0. The van der Waals surface area contributed by atoms with E-state index in [1.54, 1.807) is 0 Å². The Morgan fingerprint density at radius 1 is 1.11 bits per heavy atom. The Morgan fingerprint density at radius 2 is 1.89 bits per heavy atom. The molecule has 0 saturated carbocycles. The molecule has 1 atom stereocenters. The molecule has 0 bridgehead atoms. The van der Waals surface area contributed by atoms with E-state index in [9.17, 15) is 0 Å². The van der Waals surface area contributed by atoms with Gasteiger partial charge in [0.2, 0.25) is 0 Å². The molecule has 0 aliphatic carbocycles. The maximum atomic E-state index is 6.25. The third kappa shape index (κ3) is 3.50. The molecular weight excluding hydrogens is 238 g/mol. The van der Waals surface area contributed by atoms with E-state index >= 15 is 0 Å². The molecular formula is C16H21NS. The minimum atomic E-state index is 0.150. The number of unbranched alkanes of at least 4 members (excludes halogenated alkanes) is 1. The maximum Gasteiger partial charge on any atom is 0.0387 e. The molecule has 0 aromatic heterocycles. The second-order valence-corrected chi connectivity index (χ2v) is 5.79. The zero-order valence-electron chi connectivity index (χ0n) is 10.9. The molecule has 0 saturated heterocycles. The van der Waals surface area contributed by atoms with Crippen molar-refractivity contribution in [2.75, 3.05) is 11.5 Å². The highest BCUT2D eigenvalue weighted by Crippen LogP contribution is 2.22. The second kappa shape index (κ2) is 6.81. The molecule has 0 radical (unpaired) electrons. The molecule has 2 rings (SSSR count). The van der Waals surface area contributed by atoms with Gasteiger partial charge in [0.05, 0.1) is 0 Å². The molecule has 2 aromatic rings. The van der Waals surface area contributed by atoms with Crippen LogP contribution in [0.1, 0.15) is 31.4 Å². The van der Waals surface area contributed by atoms with Crippen LogP contribution in [0, 0.1) is 0 Å². The Labute approximate surface area is 114 Å². The summed E-state index contributed by atoms with van der Waals surface area (Å²) in [6.45, 7) is 2.23. The van der Waals surface area contributed by atoms with E-state index in [1.165, 1.54) is 34.9 Å². The lowest BCUT2D eigenvalue weighted by molar-refractivity contribution is 0.828. The fraction of sp³-hybridized carbons (Fsp3) is 0.375. The molecule has 0 aliphatic rings. The van der Waals surface area contributed by atoms with Crippen molar-refractivity contribution in [3.05, 3.63) is 48.0 Å². The zero-order chi connectivity index (χ0) is 12.8. The number of thioether (sulfide) groups is 1. The lowest BCUT2D eigenvalue weighted by Crippen LogP contribution is -2.13. The average Bonchev–Trinajstić information content (AvgIpc) is 2.43. The molecule has 0 heterocycles. The largest absolute Gasteiger partial charge is 0.323 e. The summed E-state index contributed by atoms with van der Waals surface area (Å²) in [5.74, 6) is 2.23. The third-order valence-corrected chi connectivity index (χ3v) is 4.31. The second-order valence-electron chi connectivity index (χ2n) is 4.64. The fourth-order valence-corrected chi connectivity index (χ4v) is 3.10. The summed E-state index contributed by atoms with van der Waals surface area (Å²) in [6.07, 6.45) is 2.55. The third-order valence-electron chi connectivity index (χ3n) is 3.14. The monoisotopic (exact) mass is 259 g/mol. The highest BCUT2D eigenvalue weighted by molar-refractivity contribution is 7.99. The number of hydrogen-bond donors (Lipinski definition) is 1. The van der Waals surface area contributed by atoms with Gasteiger partial charge < -0.3 is 5.73 Å². The van der Waals surface area contributed by atoms with Crippen molar-refractivity contribution in [1.82, 2.24) is 0 Å². The Balaban J connectivity index is 2.01. The van der Waals surface area contributed by atoms with E-state index in [0.29, 0.717) is 0 Å². The number of hydrogen-bond acceptors (Lipinski definition) is 2. The van der Waals surface area contributed by atoms with Gasteiger partial charge in [-0.2, -0.15) is 11.8 Å². The first kappa shape index (κ1) is 13.4. The quantitative estimate of drug-likeness (QED) is 0.779. The zero-order valence-corrected chi connectivity index (χ0v) is 11.7. The molecule has 0 spiro atoms. The molecule has 2 heteroatoms. The van der Waals surface area contributed by atoms with Gasteiger partial charge in [-0.05, 0) is 34.6 Å². The highest BCUT2D eigenvalue weighted by atomic mass is 32.2. The summed E-state index contributed by atoms with van der Waals surface area (Å²) >= 11 is 1.96. The number of benzene rings is 2. The first-order valence-corrected chi connectivity index (χ1v) is 7.78. The molecule has 0 aliphatic heterocycles. The van der Waals surface area contributed by atoms with Crippen molar-refractivity contribution in [3.8, 4) is 0 Å². The Hall–Kier alpha value is -0.990. The van der Waals surface area contributed by atoms with E-state index in [0.717, 1.165) is 5.75 Å². The summed E-state index contributed by atoms with van der Waals surface area (Å²) in [5.41, 5.74) is 7.50. The fourth-order valence-electron chi connectivity index (χ4n) is 1.99. The van der Waals surface area contributed by atoms with Gasteiger partial charge in [0.1, 0.15) is 0 Å². The van der Waals surface area contributed by atoms with Crippen LogP contribution < -0.4 is 5.73 Å². The van der Waals surface area contributed by atoms with Crippen LogP contribution in [0.3, 0.4) is 0 Å². The minimum absolute atomic E-state index is 0.150. The lowest BCUT2D eigenvalue weighted by atomic mass is 10.0. The molecule has 0 fully saturated rings. The van der Waals surface area contributed by atoms with Crippen molar-refractivity contribution in [2.24, 2.45) is 5.73 Å². The van der Waals surface area contributed by atoms with Gasteiger partial charge in [-0.25, -0.2) is 0 Å². The van der Waals surface area contributed by atoms with Crippen molar-refractivity contribution in [2.45, 2.75) is 25.8 Å². The van der Waals surface area contributed by atoms with Crippen molar-refractivity contribution in [3.63, 3.8) is 0 Å². The number of nitrogens with two attached hydrogens (primary N) is 1. The van der Waals surface area contributed by atoms with Crippen LogP contribution in [-0.4, -0.2) is 11.5 Å². The summed E-state index contributed by atoms with van der Waals surface area (Å²) in [5, 5.41) is 2.57. The number of fused-ring (bicyclic) bond motifs is 1. The van der Waals surface area contributed by atoms with Crippen LogP contribution in [0.5, 0.6) is 0 Å². The molecule has 18 heavy (non-hydrogen) atoms. The molecule has 1 unspecified atom stereocenters. The molecule has 2 N–H and O–H groups in total. The van der Waals surface area contributed by atoms with Gasteiger partial charge in [0.15, 0.2) is 0 Å². The normalized spacial score (nSPS) is 12.8. The summed E-state index contributed by atoms with van der Waals surface area (Å²) in [6, 6.07) is 15.1. The Bertz CT molecular complexity index is 495. The predicted molar refractivity (Wildman–Crippen MR) is 83.1 cm³/mol. The van der Waals surface area contributed by atoms with Crippen LogP contribution in [-0.2, 0) is 0 Å². The van der Waals surface area contributed by atoms with Crippen molar-refractivity contribution in [1.29, 1.82) is 0 Å². The number of rotatable bonds is 6. The molecule has 96 valence electrons. The topological polar surface area (TPSA) is 26.0 Å². The summed E-state index contributed by atoms with van der Waals surface area (Å²) < 4.78 is 0. The Kier molecular flexibility index (Phi) is 5.09. The Morgan fingerprint density at radius 3 is 2.67 bits per heavy atom. The van der Waals surface area contributed by atoms with Crippen LogP contribution >= 0.6 is 11.8 Å². The SMILES string of the molecule is CCCCSCC(N)c1ccc2ccccc2c1. The van der Waals surface area contributed by atoms with E-state index in [2.05, 4.69) is 49.4 Å². The summed E-state index contributed by atoms with van der Waals surface area (Å²) in [4.78, 5) is 0. The van der Waals surface area contributed by atoms with Crippen LogP contribution in [0.2, 0.25) is 0 Å². The average molecular weight is 259 g/mol. The van der Waals surface area contributed by atoms with Gasteiger partial charge in [-0.3, -0.25) is 0 Å². The minimum Gasteiger partial charge on any atom is -0.323 e. The first-order chi connectivity index (χ1) is 8.81. The van der Waals surface area contributed by atoms with Crippen molar-refractivity contribution >= 4 is 22.5 Å². The van der Waals surface area contributed by atoms with Gasteiger partial charge in [-0.15, -0.1) is 0 Å². The molecule has 2 aromatic carbocycles. The smallest absolute Gasteiger partial charge is 0.0387 e. The standard InChI is InChI=1S/C16H21NS/c1-2-3-10-18-12-16(17)15-9-8-13-6-4-5-7-14(13)11-15/h4-9,11,16H,2-3,10,12,17H2,1H3. The van der Waals surface area contributed by atoms with Gasteiger partial charge >= 0.3 is 0 Å². The van der Waals surface area contributed by atoms with E-state index in [4.69, 9.17) is 5.73 Å². The van der Waals surface area contributed by atoms with Crippen LogP contribution in [0.25, 0.3) is 10.8 Å². The van der Waals surface area contributed by atoms with Gasteiger partial charge in [0, 0.05) is 11.8 Å². The molecule has 0 amide bonds. The van der Waals surface area contributed by atoms with E-state index < -0.39 is 0 Å². The lowest BCUT2D eigenvalue weighted by Gasteiger charge is -2.12. The first-order valence-electron chi connectivity index (χ1n) is 6.63. The van der Waals surface area contributed by atoms with Crippen molar-refractivity contribution < 1.29 is 0 Å². The van der Waals surface area contributed by atoms with Gasteiger partial charge in [0.25, 0.3) is 0 Å². The van der Waals surface area contributed by atoms with E-state index in [1.807, 2.05) is 11.8 Å². The maximum absolute atomic E-state index is 6.25. The van der Waals surface area contributed by atoms with Crippen LogP contribution in [0.4, 0.5) is 0 Å². The highest BCUT2D eigenvalue weighted by Gasteiger charge is 2.06. The van der Waals surface area contributed by atoms with Crippen LogP contribution in [0.15, 0.2) is 42.5 Å². The van der Waals surface area contributed by atoms with E-state index in [-0.39, 0.29) is 6.04 Å². The predicted octanol–water partition coefficient (Wildman–Crippen LogP) is 4.37. The van der Waals surface area contributed by atoms with Gasteiger partial charge in [-0.1, -0.05) is 49.7 Å².